The number of hydrogen-bond acceptors (Lipinski definition) is 2. The van der Waals surface area contributed by atoms with Crippen LogP contribution in [-0.2, 0) is 9.53 Å². The molecule has 0 spiro atoms. The van der Waals surface area contributed by atoms with Crippen molar-refractivity contribution in [2.45, 2.75) is 53.1 Å². The van der Waals surface area contributed by atoms with Crippen LogP contribution in [0.4, 0.5) is 0 Å². The Morgan fingerprint density at radius 2 is 2.20 bits per heavy atom. The molecule has 1 aliphatic rings. The van der Waals surface area contributed by atoms with E-state index in [-0.39, 0.29) is 17.5 Å². The zero-order valence-electron chi connectivity index (χ0n) is 13.3. The van der Waals surface area contributed by atoms with Crippen LogP contribution >= 0.6 is 0 Å². The van der Waals surface area contributed by atoms with Crippen LogP contribution in [0.25, 0.3) is 0 Å². The smallest absolute Gasteiger partial charge is 0.303 e. The topological polar surface area (TPSA) is 26.3 Å². The number of ether oxygens (including phenoxy) is 1. The Kier molecular flexibility index (Phi) is 5.79. The van der Waals surface area contributed by atoms with Crippen LogP contribution < -0.4 is 0 Å². The van der Waals surface area contributed by atoms with E-state index in [0.29, 0.717) is 11.8 Å². The summed E-state index contributed by atoms with van der Waals surface area (Å²) < 4.78 is 5.33. The Morgan fingerprint density at radius 3 is 2.70 bits per heavy atom. The quantitative estimate of drug-likeness (QED) is 0.520. The van der Waals surface area contributed by atoms with Crippen LogP contribution in [0.1, 0.15) is 47.0 Å². The van der Waals surface area contributed by atoms with E-state index < -0.39 is 0 Å². The molecule has 2 nitrogen and oxygen atoms in total. The Balaban J connectivity index is 2.91. The molecule has 0 radical (unpaired) electrons. The van der Waals surface area contributed by atoms with Crippen molar-refractivity contribution in [3.63, 3.8) is 0 Å². The summed E-state index contributed by atoms with van der Waals surface area (Å²) in [5.41, 5.74) is 1.57. The fourth-order valence-corrected chi connectivity index (χ4v) is 3.37. The highest BCUT2D eigenvalue weighted by atomic mass is 16.5. The monoisotopic (exact) mass is 276 g/mol. The first-order valence-electron chi connectivity index (χ1n) is 7.40. The van der Waals surface area contributed by atoms with Gasteiger partial charge in [0.2, 0.25) is 0 Å². The molecule has 20 heavy (non-hydrogen) atoms. The average Bonchev–Trinajstić information content (AvgIpc) is 2.36. The molecule has 0 aromatic rings. The summed E-state index contributed by atoms with van der Waals surface area (Å²) in [5, 5.41) is 0. The fourth-order valence-electron chi connectivity index (χ4n) is 3.37. The number of rotatable bonds is 6. The lowest BCUT2D eigenvalue weighted by atomic mass is 9.60. The number of carbonyl (C=O) groups is 1. The van der Waals surface area contributed by atoms with E-state index in [1.165, 1.54) is 12.5 Å². The number of esters is 1. The maximum Gasteiger partial charge on any atom is 0.303 e. The third kappa shape index (κ3) is 3.84. The third-order valence-corrected chi connectivity index (χ3v) is 4.72. The van der Waals surface area contributed by atoms with E-state index >= 15 is 0 Å². The van der Waals surface area contributed by atoms with Gasteiger partial charge in [-0.1, -0.05) is 44.2 Å². The van der Waals surface area contributed by atoms with Crippen molar-refractivity contribution < 1.29 is 9.53 Å². The van der Waals surface area contributed by atoms with Gasteiger partial charge >= 0.3 is 5.97 Å². The molecule has 0 unspecified atom stereocenters. The standard InChI is InChI=1S/C18H28O2/c1-7-9-15-11-10-13(3)17(18(15,5)6)12-16(8-2)20-14(4)19/h7-8,10,15-17H,1-2,9,11-12H2,3-6H3/t15-,16+,17+/m1/s1. The summed E-state index contributed by atoms with van der Waals surface area (Å²) >= 11 is 0. The van der Waals surface area contributed by atoms with Crippen molar-refractivity contribution >= 4 is 5.97 Å². The molecule has 0 fully saturated rings. The molecule has 0 aromatic heterocycles. The summed E-state index contributed by atoms with van der Waals surface area (Å²) in [6.07, 6.45) is 8.82. The van der Waals surface area contributed by atoms with Crippen LogP contribution in [0.15, 0.2) is 37.0 Å². The van der Waals surface area contributed by atoms with Crippen LogP contribution in [-0.4, -0.2) is 12.1 Å². The maximum absolute atomic E-state index is 11.2. The minimum atomic E-state index is -0.243. The van der Waals surface area contributed by atoms with Crippen LogP contribution in [0.3, 0.4) is 0 Å². The predicted molar refractivity (Wildman–Crippen MR) is 84.3 cm³/mol. The highest BCUT2D eigenvalue weighted by Crippen LogP contribution is 2.48. The van der Waals surface area contributed by atoms with Crippen LogP contribution in [0, 0.1) is 17.3 Å². The van der Waals surface area contributed by atoms with Gasteiger partial charge in [-0.3, -0.25) is 4.79 Å². The van der Waals surface area contributed by atoms with Gasteiger partial charge in [-0.15, -0.1) is 6.58 Å². The predicted octanol–water partition coefficient (Wildman–Crippen LogP) is 4.68. The molecule has 0 N–H and O–H groups in total. The highest BCUT2D eigenvalue weighted by molar-refractivity contribution is 5.66. The zero-order chi connectivity index (χ0) is 15.3. The van der Waals surface area contributed by atoms with E-state index in [1.807, 2.05) is 6.08 Å². The first-order chi connectivity index (χ1) is 9.32. The largest absolute Gasteiger partial charge is 0.458 e. The second kappa shape index (κ2) is 6.92. The zero-order valence-corrected chi connectivity index (χ0v) is 13.3. The number of allylic oxidation sites excluding steroid dienone is 3. The Hall–Kier alpha value is -1.31. The maximum atomic E-state index is 11.2. The molecule has 0 amide bonds. The summed E-state index contributed by atoms with van der Waals surface area (Å²) in [7, 11) is 0. The molecule has 0 saturated carbocycles. The molecule has 0 saturated heterocycles. The minimum absolute atomic E-state index is 0.175. The molecule has 0 heterocycles. The number of hydrogen-bond donors (Lipinski definition) is 0. The Labute approximate surface area is 123 Å². The Morgan fingerprint density at radius 1 is 1.55 bits per heavy atom. The van der Waals surface area contributed by atoms with Gasteiger partial charge in [-0.2, -0.15) is 0 Å². The molecule has 3 atom stereocenters. The molecular formula is C18H28O2. The lowest BCUT2D eigenvalue weighted by Gasteiger charge is -2.45. The summed E-state index contributed by atoms with van der Waals surface area (Å²) in [6.45, 7) is 15.9. The normalized spacial score (nSPS) is 26.3. The van der Waals surface area contributed by atoms with Gasteiger partial charge in [0.1, 0.15) is 6.10 Å². The van der Waals surface area contributed by atoms with E-state index in [2.05, 4.69) is 40.0 Å². The highest BCUT2D eigenvalue weighted by Gasteiger charge is 2.40. The van der Waals surface area contributed by atoms with Gasteiger partial charge in [0.15, 0.2) is 0 Å². The Bertz CT molecular complexity index is 404. The van der Waals surface area contributed by atoms with Crippen molar-refractivity contribution in [2.24, 2.45) is 17.3 Å². The molecule has 1 rings (SSSR count). The fraction of sp³-hybridized carbons (Fsp3) is 0.611. The average molecular weight is 276 g/mol. The van der Waals surface area contributed by atoms with Crippen molar-refractivity contribution in [2.75, 3.05) is 0 Å². The van der Waals surface area contributed by atoms with Crippen molar-refractivity contribution in [3.05, 3.63) is 37.0 Å². The van der Waals surface area contributed by atoms with Crippen molar-refractivity contribution in [1.82, 2.24) is 0 Å². The van der Waals surface area contributed by atoms with Crippen LogP contribution in [0.2, 0.25) is 0 Å². The second-order valence-electron chi connectivity index (χ2n) is 6.40. The van der Waals surface area contributed by atoms with Gasteiger partial charge in [0.05, 0.1) is 0 Å². The summed E-state index contributed by atoms with van der Waals surface area (Å²) in [5.74, 6) is 0.757. The van der Waals surface area contributed by atoms with Gasteiger partial charge in [-0.25, -0.2) is 0 Å². The minimum Gasteiger partial charge on any atom is -0.458 e. The van der Waals surface area contributed by atoms with Crippen LogP contribution in [0.5, 0.6) is 0 Å². The third-order valence-electron chi connectivity index (χ3n) is 4.72. The van der Waals surface area contributed by atoms with Crippen molar-refractivity contribution in [3.8, 4) is 0 Å². The molecule has 2 heteroatoms. The molecule has 0 aliphatic heterocycles. The number of carbonyl (C=O) groups excluding carboxylic acids is 1. The van der Waals surface area contributed by atoms with Gasteiger partial charge in [0.25, 0.3) is 0 Å². The van der Waals surface area contributed by atoms with E-state index in [0.717, 1.165) is 19.3 Å². The van der Waals surface area contributed by atoms with E-state index in [4.69, 9.17) is 4.74 Å². The molecule has 112 valence electrons. The van der Waals surface area contributed by atoms with Gasteiger partial charge in [0, 0.05) is 6.92 Å². The lowest BCUT2D eigenvalue weighted by Crippen LogP contribution is -2.38. The molecule has 0 bridgehead atoms. The first kappa shape index (κ1) is 16.7. The van der Waals surface area contributed by atoms with E-state index in [9.17, 15) is 4.79 Å². The summed E-state index contributed by atoms with van der Waals surface area (Å²) in [6, 6.07) is 0. The first-order valence-corrected chi connectivity index (χ1v) is 7.40. The SMILES string of the molecule is C=CC[C@@H]1CC=C(C)[C@H](C[C@H](C=C)OC(C)=O)C1(C)C. The lowest BCUT2D eigenvalue weighted by molar-refractivity contribution is -0.145. The molecule has 1 aliphatic carbocycles. The molecular weight excluding hydrogens is 248 g/mol. The second-order valence-corrected chi connectivity index (χ2v) is 6.40. The van der Waals surface area contributed by atoms with Gasteiger partial charge < -0.3 is 4.74 Å². The molecule has 0 aromatic carbocycles. The van der Waals surface area contributed by atoms with E-state index in [1.54, 1.807) is 6.08 Å². The van der Waals surface area contributed by atoms with Gasteiger partial charge in [-0.05, 0) is 43.4 Å². The summed E-state index contributed by atoms with van der Waals surface area (Å²) in [4.78, 5) is 11.2. The van der Waals surface area contributed by atoms with Crippen molar-refractivity contribution in [1.29, 1.82) is 0 Å².